The number of methoxy groups -OCH3 is 2. The van der Waals surface area contributed by atoms with Gasteiger partial charge in [0, 0.05) is 12.4 Å². The highest BCUT2D eigenvalue weighted by Gasteiger charge is 2.33. The average Bonchev–Trinajstić information content (AvgIpc) is 2.65. The molecular weight excluding hydrogens is 340 g/mol. The van der Waals surface area contributed by atoms with Gasteiger partial charge in [0.05, 0.1) is 31.5 Å². The molecule has 0 aromatic carbocycles. The lowest BCUT2D eigenvalue weighted by molar-refractivity contribution is 0.0703. The molecule has 0 bridgehead atoms. The monoisotopic (exact) mass is 362 g/mol. The minimum atomic E-state index is -0.843. The van der Waals surface area contributed by atoms with Gasteiger partial charge in [-0.3, -0.25) is 4.98 Å². The van der Waals surface area contributed by atoms with Crippen LogP contribution in [0.5, 0.6) is 0 Å². The Balaban J connectivity index is 2.30. The zero-order valence-corrected chi connectivity index (χ0v) is 15.2. The summed E-state index contributed by atoms with van der Waals surface area (Å²) in [5.74, 6) is 0.213. The number of ether oxygens (including phenoxy) is 4. The van der Waals surface area contributed by atoms with Crippen molar-refractivity contribution in [2.24, 2.45) is 5.92 Å². The van der Waals surface area contributed by atoms with Crippen LogP contribution in [0.4, 0.5) is 9.59 Å². The Hall–Kier alpha value is -3.03. The van der Waals surface area contributed by atoms with Crippen LogP contribution in [0.15, 0.2) is 47.4 Å². The van der Waals surface area contributed by atoms with Gasteiger partial charge in [-0.15, -0.1) is 0 Å². The third-order valence-corrected chi connectivity index (χ3v) is 3.91. The summed E-state index contributed by atoms with van der Waals surface area (Å²) in [5, 5.41) is 3.05. The van der Waals surface area contributed by atoms with Crippen molar-refractivity contribution in [2.75, 3.05) is 14.2 Å². The molecule has 0 amide bonds. The van der Waals surface area contributed by atoms with E-state index >= 15 is 0 Å². The number of aromatic nitrogens is 1. The quantitative estimate of drug-likeness (QED) is 0.798. The van der Waals surface area contributed by atoms with Crippen LogP contribution >= 0.6 is 0 Å². The summed E-state index contributed by atoms with van der Waals surface area (Å²) in [7, 11) is 2.46. The number of rotatable bonds is 5. The number of dihydropyridines is 1. The molecule has 8 nitrogen and oxygen atoms in total. The third kappa shape index (κ3) is 4.75. The summed E-state index contributed by atoms with van der Waals surface area (Å²) < 4.78 is 19.8. The number of carbonyl (C=O) groups is 2. The van der Waals surface area contributed by atoms with Crippen LogP contribution in [0.2, 0.25) is 0 Å². The van der Waals surface area contributed by atoms with Crippen LogP contribution in [0, 0.1) is 5.92 Å². The molecule has 0 fully saturated rings. The van der Waals surface area contributed by atoms with E-state index in [4.69, 9.17) is 9.47 Å². The van der Waals surface area contributed by atoms with Crippen molar-refractivity contribution in [3.05, 3.63) is 53.0 Å². The number of nitrogens with one attached hydrogen (secondary N) is 1. The Labute approximate surface area is 151 Å². The minimum Gasteiger partial charge on any atom is -0.437 e. The number of nitrogens with zero attached hydrogens (tertiary/aromatic N) is 1. The first kappa shape index (κ1) is 19.3. The van der Waals surface area contributed by atoms with Crippen molar-refractivity contribution >= 4 is 12.3 Å². The lowest BCUT2D eigenvalue weighted by atomic mass is 9.92. The molecule has 1 aromatic rings. The van der Waals surface area contributed by atoms with Gasteiger partial charge in [-0.2, -0.15) is 0 Å². The van der Waals surface area contributed by atoms with Crippen molar-refractivity contribution in [1.29, 1.82) is 0 Å². The Kier molecular flexibility index (Phi) is 6.60. The predicted octanol–water partition coefficient (Wildman–Crippen LogP) is 3.26. The van der Waals surface area contributed by atoms with Gasteiger partial charge in [0.15, 0.2) is 0 Å². The summed E-state index contributed by atoms with van der Waals surface area (Å²) >= 11 is 0. The highest BCUT2D eigenvalue weighted by atomic mass is 16.7. The van der Waals surface area contributed by atoms with Crippen molar-refractivity contribution in [2.45, 2.75) is 26.7 Å². The second-order valence-corrected chi connectivity index (χ2v) is 5.67. The maximum absolute atomic E-state index is 11.6. The fourth-order valence-corrected chi connectivity index (χ4v) is 2.72. The Morgan fingerprint density at radius 2 is 1.65 bits per heavy atom. The number of carbonyl (C=O) groups excluding carboxylic acids is 2. The average molecular weight is 362 g/mol. The van der Waals surface area contributed by atoms with Gasteiger partial charge in [0.1, 0.15) is 11.5 Å². The topological polar surface area (TPSA) is 96.0 Å². The van der Waals surface area contributed by atoms with Gasteiger partial charge < -0.3 is 24.3 Å². The molecule has 1 N–H and O–H groups in total. The molecule has 140 valence electrons. The summed E-state index contributed by atoms with van der Waals surface area (Å²) in [4.78, 5) is 27.4. The highest BCUT2D eigenvalue weighted by Crippen LogP contribution is 2.35. The van der Waals surface area contributed by atoms with Crippen LogP contribution in [0.3, 0.4) is 0 Å². The second kappa shape index (κ2) is 8.89. The number of hydrogen-bond acceptors (Lipinski definition) is 8. The third-order valence-electron chi connectivity index (χ3n) is 3.91. The first-order chi connectivity index (χ1) is 12.5. The largest absolute Gasteiger partial charge is 0.513 e. The van der Waals surface area contributed by atoms with Gasteiger partial charge in [-0.1, -0.05) is 6.07 Å². The van der Waals surface area contributed by atoms with Crippen molar-refractivity contribution in [1.82, 2.24) is 10.3 Å². The van der Waals surface area contributed by atoms with E-state index in [0.29, 0.717) is 35.8 Å². The van der Waals surface area contributed by atoms with Gasteiger partial charge in [-0.25, -0.2) is 9.59 Å². The molecule has 0 atom stereocenters. The first-order valence-corrected chi connectivity index (χ1v) is 8.05. The van der Waals surface area contributed by atoms with Crippen molar-refractivity contribution in [3.63, 3.8) is 0 Å². The lowest BCUT2D eigenvalue weighted by Gasteiger charge is -2.29. The van der Waals surface area contributed by atoms with E-state index in [2.05, 4.69) is 19.8 Å². The smallest absolute Gasteiger partial charge is 0.437 e. The highest BCUT2D eigenvalue weighted by molar-refractivity contribution is 5.63. The molecule has 0 radical (unpaired) electrons. The summed E-state index contributed by atoms with van der Waals surface area (Å²) in [6.45, 7) is 3.54. The molecule has 2 rings (SSSR count). The molecule has 2 heterocycles. The fourth-order valence-electron chi connectivity index (χ4n) is 2.72. The minimum absolute atomic E-state index is 0.338. The standard InChI is InChI=1S/C18H22N2O6/c1-11-15(25-17(21)23-3)14(8-7-13-6-5-9-19-10-13)16(12(2)20-11)26-18(22)24-4/h5-6,9-10,14,20H,7-8H2,1-4H3. The Bertz CT molecular complexity index is 686. The normalized spacial score (nSPS) is 14.6. The number of hydrogen-bond donors (Lipinski definition) is 1. The second-order valence-electron chi connectivity index (χ2n) is 5.67. The van der Waals surface area contributed by atoms with Gasteiger partial charge in [0.2, 0.25) is 0 Å². The van der Waals surface area contributed by atoms with Gasteiger partial charge in [-0.05, 0) is 38.3 Å². The van der Waals surface area contributed by atoms with Crippen LogP contribution in [0.1, 0.15) is 25.8 Å². The maximum atomic E-state index is 11.6. The summed E-state index contributed by atoms with van der Waals surface area (Å²) in [5.41, 5.74) is 2.29. The molecule has 26 heavy (non-hydrogen) atoms. The molecule has 0 spiro atoms. The van der Waals surface area contributed by atoms with Crippen LogP contribution in [-0.2, 0) is 25.4 Å². The number of allylic oxidation sites excluding steroid dienone is 2. The van der Waals surface area contributed by atoms with E-state index < -0.39 is 18.2 Å². The molecule has 1 aromatic heterocycles. The maximum Gasteiger partial charge on any atom is 0.513 e. The molecule has 0 unspecified atom stereocenters. The zero-order chi connectivity index (χ0) is 19.1. The van der Waals surface area contributed by atoms with E-state index in [9.17, 15) is 9.59 Å². The van der Waals surface area contributed by atoms with E-state index in [-0.39, 0.29) is 0 Å². The molecule has 0 aliphatic carbocycles. The summed E-state index contributed by atoms with van der Waals surface area (Å²) in [6.07, 6.45) is 2.94. The zero-order valence-electron chi connectivity index (χ0n) is 15.2. The van der Waals surface area contributed by atoms with Crippen molar-refractivity contribution < 1.29 is 28.5 Å². The van der Waals surface area contributed by atoms with Crippen molar-refractivity contribution in [3.8, 4) is 0 Å². The Morgan fingerprint density at radius 3 is 2.12 bits per heavy atom. The lowest BCUT2D eigenvalue weighted by Crippen LogP contribution is -2.30. The van der Waals surface area contributed by atoms with Crippen LogP contribution < -0.4 is 5.32 Å². The molecule has 0 saturated heterocycles. The molecule has 1 aliphatic rings. The fraction of sp³-hybridized carbons (Fsp3) is 0.389. The van der Waals surface area contributed by atoms with Crippen LogP contribution in [-0.4, -0.2) is 31.5 Å². The first-order valence-electron chi connectivity index (χ1n) is 8.05. The van der Waals surface area contributed by atoms with Gasteiger partial charge in [0.25, 0.3) is 0 Å². The van der Waals surface area contributed by atoms with E-state index in [1.165, 1.54) is 14.2 Å². The molecular formula is C18H22N2O6. The number of aryl methyl sites for hydroxylation is 1. The van der Waals surface area contributed by atoms with Gasteiger partial charge >= 0.3 is 12.3 Å². The molecule has 1 aliphatic heterocycles. The molecule has 8 heteroatoms. The summed E-state index contributed by atoms with van der Waals surface area (Å²) in [6, 6.07) is 3.79. The van der Waals surface area contributed by atoms with Crippen LogP contribution in [0.25, 0.3) is 0 Å². The van der Waals surface area contributed by atoms with E-state index in [1.54, 1.807) is 26.2 Å². The SMILES string of the molecule is COC(=O)OC1=C(C)NC(C)=C(OC(=O)OC)C1CCc1cccnc1. The van der Waals surface area contributed by atoms with E-state index in [1.807, 2.05) is 12.1 Å². The van der Waals surface area contributed by atoms with E-state index in [0.717, 1.165) is 5.56 Å². The Morgan fingerprint density at radius 1 is 1.08 bits per heavy atom. The molecule has 0 saturated carbocycles. The number of pyridine rings is 1. The predicted molar refractivity (Wildman–Crippen MR) is 91.6 cm³/mol.